The fourth-order valence-corrected chi connectivity index (χ4v) is 1.92. The number of imidazole rings is 1. The van der Waals surface area contributed by atoms with Crippen LogP contribution in [0.3, 0.4) is 0 Å². The lowest BCUT2D eigenvalue weighted by molar-refractivity contribution is 0.0775. The van der Waals surface area contributed by atoms with E-state index in [1.165, 1.54) is 4.90 Å². The number of aryl methyl sites for hydroxylation is 1. The van der Waals surface area contributed by atoms with E-state index in [9.17, 15) is 4.79 Å². The standard InChI is InChI=1S/C12H12Cl2N4O/c1-17-6-5-15-10(17)7-18(2)12(19)11-8(13)3-4-9(14)16-11/h3-6H,7H2,1-2H3. The molecule has 2 heterocycles. The molecule has 7 heteroatoms. The summed E-state index contributed by atoms with van der Waals surface area (Å²) in [6.45, 7) is 0.368. The van der Waals surface area contributed by atoms with Crippen LogP contribution >= 0.6 is 23.2 Å². The van der Waals surface area contributed by atoms with Crippen molar-refractivity contribution in [3.63, 3.8) is 0 Å². The van der Waals surface area contributed by atoms with Crippen molar-refractivity contribution in [3.05, 3.63) is 46.2 Å². The molecule has 0 saturated carbocycles. The van der Waals surface area contributed by atoms with E-state index in [2.05, 4.69) is 9.97 Å². The van der Waals surface area contributed by atoms with E-state index >= 15 is 0 Å². The number of nitrogens with zero attached hydrogens (tertiary/aromatic N) is 4. The zero-order chi connectivity index (χ0) is 14.0. The molecule has 2 rings (SSSR count). The van der Waals surface area contributed by atoms with Gasteiger partial charge in [-0.3, -0.25) is 4.79 Å². The average Bonchev–Trinajstić information content (AvgIpc) is 2.77. The van der Waals surface area contributed by atoms with Gasteiger partial charge in [-0.15, -0.1) is 0 Å². The van der Waals surface area contributed by atoms with Gasteiger partial charge in [0.2, 0.25) is 0 Å². The molecule has 0 atom stereocenters. The first-order valence-electron chi connectivity index (χ1n) is 5.52. The van der Waals surface area contributed by atoms with Crippen LogP contribution in [0.15, 0.2) is 24.5 Å². The van der Waals surface area contributed by atoms with Crippen LogP contribution in [0.2, 0.25) is 10.2 Å². The highest BCUT2D eigenvalue weighted by molar-refractivity contribution is 6.34. The Kier molecular flexibility index (Phi) is 4.07. The van der Waals surface area contributed by atoms with Crippen molar-refractivity contribution >= 4 is 29.1 Å². The molecule has 19 heavy (non-hydrogen) atoms. The quantitative estimate of drug-likeness (QED) is 0.818. The molecule has 0 aliphatic heterocycles. The average molecular weight is 299 g/mol. The molecule has 2 aromatic rings. The number of aromatic nitrogens is 3. The predicted octanol–water partition coefficient (Wildman–Crippen LogP) is 2.39. The summed E-state index contributed by atoms with van der Waals surface area (Å²) < 4.78 is 1.84. The highest BCUT2D eigenvalue weighted by atomic mass is 35.5. The second-order valence-electron chi connectivity index (χ2n) is 4.08. The third-order valence-corrected chi connectivity index (χ3v) is 3.18. The van der Waals surface area contributed by atoms with Crippen molar-refractivity contribution < 1.29 is 4.79 Å². The van der Waals surface area contributed by atoms with Crippen LogP contribution in [-0.2, 0) is 13.6 Å². The number of amides is 1. The van der Waals surface area contributed by atoms with E-state index in [-0.39, 0.29) is 21.8 Å². The van der Waals surface area contributed by atoms with Gasteiger partial charge in [-0.2, -0.15) is 0 Å². The summed E-state index contributed by atoms with van der Waals surface area (Å²) in [5.41, 5.74) is 0.144. The number of hydrogen-bond donors (Lipinski definition) is 0. The molecule has 0 spiro atoms. The van der Waals surface area contributed by atoms with Crippen molar-refractivity contribution in [3.8, 4) is 0 Å². The van der Waals surface area contributed by atoms with E-state index < -0.39 is 0 Å². The number of halogens is 2. The second-order valence-corrected chi connectivity index (χ2v) is 4.87. The number of pyridine rings is 1. The van der Waals surface area contributed by atoms with Gasteiger partial charge in [-0.1, -0.05) is 23.2 Å². The maximum atomic E-state index is 12.2. The summed E-state index contributed by atoms with van der Waals surface area (Å²) in [7, 11) is 3.53. The first kappa shape index (κ1) is 13.8. The highest BCUT2D eigenvalue weighted by Gasteiger charge is 2.18. The summed E-state index contributed by atoms with van der Waals surface area (Å²) in [4.78, 5) is 21.9. The maximum Gasteiger partial charge on any atom is 0.274 e. The summed E-state index contributed by atoms with van der Waals surface area (Å²) in [5.74, 6) is 0.476. The Labute approximate surface area is 120 Å². The molecule has 0 N–H and O–H groups in total. The van der Waals surface area contributed by atoms with Crippen LogP contribution in [0.5, 0.6) is 0 Å². The first-order valence-corrected chi connectivity index (χ1v) is 6.28. The Balaban J connectivity index is 2.19. The van der Waals surface area contributed by atoms with Crippen LogP contribution < -0.4 is 0 Å². The maximum absolute atomic E-state index is 12.2. The van der Waals surface area contributed by atoms with Crippen molar-refractivity contribution in [2.45, 2.75) is 6.54 Å². The fourth-order valence-electron chi connectivity index (χ4n) is 1.58. The third-order valence-electron chi connectivity index (χ3n) is 2.66. The minimum atomic E-state index is -0.296. The van der Waals surface area contributed by atoms with Gasteiger partial charge in [0.15, 0.2) is 0 Å². The molecular formula is C12H12Cl2N4O. The number of hydrogen-bond acceptors (Lipinski definition) is 3. The fraction of sp³-hybridized carbons (Fsp3) is 0.250. The van der Waals surface area contributed by atoms with Crippen LogP contribution in [0.1, 0.15) is 16.3 Å². The van der Waals surface area contributed by atoms with Gasteiger partial charge in [-0.25, -0.2) is 9.97 Å². The predicted molar refractivity (Wildman–Crippen MR) is 73.3 cm³/mol. The topological polar surface area (TPSA) is 51.0 Å². The van der Waals surface area contributed by atoms with Crippen LogP contribution in [-0.4, -0.2) is 32.4 Å². The number of carbonyl (C=O) groups excluding carboxylic acids is 1. The zero-order valence-electron chi connectivity index (χ0n) is 10.5. The van der Waals surface area contributed by atoms with Crippen LogP contribution in [0.4, 0.5) is 0 Å². The normalized spacial score (nSPS) is 10.5. The number of rotatable bonds is 3. The van der Waals surface area contributed by atoms with Gasteiger partial charge in [0.25, 0.3) is 5.91 Å². The van der Waals surface area contributed by atoms with Gasteiger partial charge < -0.3 is 9.47 Å². The molecule has 0 radical (unpaired) electrons. The molecule has 0 aliphatic rings. The second kappa shape index (κ2) is 5.59. The summed E-state index contributed by atoms with van der Waals surface area (Å²) in [6.07, 6.45) is 3.50. The van der Waals surface area contributed by atoms with Gasteiger partial charge in [0, 0.05) is 26.5 Å². The molecule has 1 amide bonds. The molecule has 0 fully saturated rings. The van der Waals surface area contributed by atoms with Crippen molar-refractivity contribution in [2.75, 3.05) is 7.05 Å². The minimum absolute atomic E-state index is 0.144. The smallest absolute Gasteiger partial charge is 0.274 e. The van der Waals surface area contributed by atoms with Gasteiger partial charge in [0.1, 0.15) is 16.7 Å². The first-order chi connectivity index (χ1) is 8.99. The Bertz CT molecular complexity index is 612. The van der Waals surface area contributed by atoms with Gasteiger partial charge >= 0.3 is 0 Å². The zero-order valence-corrected chi connectivity index (χ0v) is 12.0. The van der Waals surface area contributed by atoms with E-state index in [0.29, 0.717) is 6.54 Å². The minimum Gasteiger partial charge on any atom is -0.337 e. The Hall–Kier alpha value is -1.59. The summed E-state index contributed by atoms with van der Waals surface area (Å²) in [5, 5.41) is 0.513. The lowest BCUT2D eigenvalue weighted by atomic mass is 10.3. The monoisotopic (exact) mass is 298 g/mol. The molecular weight excluding hydrogens is 287 g/mol. The molecule has 0 unspecified atom stereocenters. The lowest BCUT2D eigenvalue weighted by Gasteiger charge is -2.17. The molecule has 0 saturated heterocycles. The summed E-state index contributed by atoms with van der Waals surface area (Å²) >= 11 is 11.7. The van der Waals surface area contributed by atoms with E-state index in [0.717, 1.165) is 5.82 Å². The van der Waals surface area contributed by atoms with E-state index in [4.69, 9.17) is 23.2 Å². The molecule has 2 aromatic heterocycles. The Morgan fingerprint density at radius 3 is 2.79 bits per heavy atom. The summed E-state index contributed by atoms with van der Waals surface area (Å²) in [6, 6.07) is 3.10. The van der Waals surface area contributed by atoms with Gasteiger partial charge in [0.05, 0.1) is 11.6 Å². The molecule has 100 valence electrons. The number of carbonyl (C=O) groups is 1. The lowest BCUT2D eigenvalue weighted by Crippen LogP contribution is -2.28. The molecule has 0 bridgehead atoms. The van der Waals surface area contributed by atoms with E-state index in [1.54, 1.807) is 25.4 Å². The molecule has 0 aromatic carbocycles. The molecule has 0 aliphatic carbocycles. The SMILES string of the molecule is CN(Cc1nccn1C)C(=O)c1nc(Cl)ccc1Cl. The highest BCUT2D eigenvalue weighted by Crippen LogP contribution is 2.18. The van der Waals surface area contributed by atoms with Crippen LogP contribution in [0.25, 0.3) is 0 Å². The van der Waals surface area contributed by atoms with E-state index in [1.807, 2.05) is 17.8 Å². The van der Waals surface area contributed by atoms with Crippen LogP contribution in [0, 0.1) is 0 Å². The third kappa shape index (κ3) is 3.05. The molecule has 5 nitrogen and oxygen atoms in total. The Morgan fingerprint density at radius 1 is 1.42 bits per heavy atom. The van der Waals surface area contributed by atoms with Crippen molar-refractivity contribution in [1.82, 2.24) is 19.4 Å². The van der Waals surface area contributed by atoms with Crippen molar-refractivity contribution in [1.29, 1.82) is 0 Å². The largest absolute Gasteiger partial charge is 0.337 e. The Morgan fingerprint density at radius 2 is 2.16 bits per heavy atom. The van der Waals surface area contributed by atoms with Crippen molar-refractivity contribution in [2.24, 2.45) is 7.05 Å². The van der Waals surface area contributed by atoms with Gasteiger partial charge in [-0.05, 0) is 12.1 Å².